The topological polar surface area (TPSA) is 29.3 Å². The number of benzene rings is 1. The lowest BCUT2D eigenvalue weighted by Crippen LogP contribution is -2.56. The van der Waals surface area contributed by atoms with Crippen molar-refractivity contribution in [3.63, 3.8) is 0 Å². The highest BCUT2D eigenvalue weighted by Crippen LogP contribution is 2.35. The fraction of sp³-hybridized carbons (Fsp3) is 0.600. The van der Waals surface area contributed by atoms with E-state index in [4.69, 9.17) is 5.73 Å². The van der Waals surface area contributed by atoms with Crippen LogP contribution in [0.1, 0.15) is 37.7 Å². The summed E-state index contributed by atoms with van der Waals surface area (Å²) in [6.07, 6.45) is 6.54. The number of nitrogens with two attached hydrogens (primary N) is 1. The minimum atomic E-state index is -0.116. The normalized spacial score (nSPS) is 34.3. The van der Waals surface area contributed by atoms with Crippen LogP contribution in [0.5, 0.6) is 0 Å². The van der Waals surface area contributed by atoms with E-state index in [1.54, 1.807) is 0 Å². The van der Waals surface area contributed by atoms with Gasteiger partial charge >= 0.3 is 0 Å². The van der Waals surface area contributed by atoms with E-state index in [-0.39, 0.29) is 5.54 Å². The van der Waals surface area contributed by atoms with Gasteiger partial charge in [-0.15, -0.1) is 0 Å². The van der Waals surface area contributed by atoms with E-state index in [0.717, 1.165) is 19.0 Å². The van der Waals surface area contributed by atoms with Crippen molar-refractivity contribution in [2.75, 3.05) is 13.1 Å². The Morgan fingerprint density at radius 3 is 2.76 bits per heavy atom. The van der Waals surface area contributed by atoms with Crippen LogP contribution in [0.25, 0.3) is 0 Å². The fourth-order valence-electron chi connectivity index (χ4n) is 3.47. The van der Waals surface area contributed by atoms with Crippen LogP contribution in [0.15, 0.2) is 30.3 Å². The molecule has 2 nitrogen and oxygen atoms in total. The molecule has 2 unspecified atom stereocenters. The first-order valence-electron chi connectivity index (χ1n) is 6.86. The van der Waals surface area contributed by atoms with E-state index in [1.165, 1.54) is 37.8 Å². The van der Waals surface area contributed by atoms with Crippen molar-refractivity contribution in [3.05, 3.63) is 35.9 Å². The molecule has 92 valence electrons. The SMILES string of the molecule is NC1(c2ccccc2)CCC2CCCCN2C1. The van der Waals surface area contributed by atoms with E-state index in [0.29, 0.717) is 0 Å². The van der Waals surface area contributed by atoms with Gasteiger partial charge in [-0.3, -0.25) is 4.90 Å². The first-order valence-corrected chi connectivity index (χ1v) is 6.86. The maximum atomic E-state index is 6.65. The van der Waals surface area contributed by atoms with Gasteiger partial charge in [0.05, 0.1) is 5.54 Å². The number of hydrogen-bond acceptors (Lipinski definition) is 2. The summed E-state index contributed by atoms with van der Waals surface area (Å²) in [5.41, 5.74) is 7.84. The third-order valence-electron chi connectivity index (χ3n) is 4.51. The van der Waals surface area contributed by atoms with Crippen LogP contribution in [0, 0.1) is 0 Å². The number of fused-ring (bicyclic) bond motifs is 1. The van der Waals surface area contributed by atoms with Crippen molar-refractivity contribution in [1.82, 2.24) is 4.90 Å². The Labute approximate surface area is 104 Å². The van der Waals surface area contributed by atoms with Crippen molar-refractivity contribution >= 4 is 0 Å². The monoisotopic (exact) mass is 230 g/mol. The molecule has 0 spiro atoms. The van der Waals surface area contributed by atoms with Gasteiger partial charge in [-0.2, -0.15) is 0 Å². The van der Waals surface area contributed by atoms with Gasteiger partial charge in [-0.1, -0.05) is 36.8 Å². The highest BCUT2D eigenvalue weighted by Gasteiger charge is 2.38. The Morgan fingerprint density at radius 1 is 1.12 bits per heavy atom. The molecule has 0 bridgehead atoms. The maximum absolute atomic E-state index is 6.65. The lowest BCUT2D eigenvalue weighted by molar-refractivity contribution is 0.0597. The van der Waals surface area contributed by atoms with Crippen molar-refractivity contribution < 1.29 is 0 Å². The molecule has 3 rings (SSSR count). The highest BCUT2D eigenvalue weighted by atomic mass is 15.2. The van der Waals surface area contributed by atoms with Gasteiger partial charge in [0.2, 0.25) is 0 Å². The molecule has 0 amide bonds. The van der Waals surface area contributed by atoms with Gasteiger partial charge in [0.25, 0.3) is 0 Å². The molecule has 0 aromatic heterocycles. The molecule has 2 saturated heterocycles. The first-order chi connectivity index (χ1) is 8.28. The molecule has 1 aromatic carbocycles. The fourth-order valence-corrected chi connectivity index (χ4v) is 3.47. The first kappa shape index (κ1) is 11.2. The summed E-state index contributed by atoms with van der Waals surface area (Å²) in [6, 6.07) is 11.5. The minimum Gasteiger partial charge on any atom is -0.320 e. The van der Waals surface area contributed by atoms with Crippen LogP contribution >= 0.6 is 0 Å². The number of rotatable bonds is 1. The zero-order valence-corrected chi connectivity index (χ0v) is 10.4. The zero-order valence-electron chi connectivity index (χ0n) is 10.4. The van der Waals surface area contributed by atoms with Crippen molar-refractivity contribution in [3.8, 4) is 0 Å². The highest BCUT2D eigenvalue weighted by molar-refractivity contribution is 5.25. The molecular formula is C15H22N2. The molecule has 2 heteroatoms. The molecule has 0 aliphatic carbocycles. The molecule has 0 saturated carbocycles. The van der Waals surface area contributed by atoms with E-state index >= 15 is 0 Å². The zero-order chi connectivity index (χ0) is 11.7. The van der Waals surface area contributed by atoms with Crippen LogP contribution in [0.4, 0.5) is 0 Å². The van der Waals surface area contributed by atoms with Crippen molar-refractivity contribution in [1.29, 1.82) is 0 Å². The van der Waals surface area contributed by atoms with E-state index in [1.807, 2.05) is 0 Å². The van der Waals surface area contributed by atoms with Crippen molar-refractivity contribution in [2.24, 2.45) is 5.73 Å². The summed E-state index contributed by atoms with van der Waals surface area (Å²) in [6.45, 7) is 2.29. The molecule has 2 fully saturated rings. The van der Waals surface area contributed by atoms with Gasteiger partial charge in [-0.25, -0.2) is 0 Å². The average Bonchev–Trinajstić information content (AvgIpc) is 2.40. The van der Waals surface area contributed by atoms with Crippen LogP contribution in [-0.4, -0.2) is 24.0 Å². The van der Waals surface area contributed by atoms with E-state index in [2.05, 4.69) is 35.2 Å². The number of hydrogen-bond donors (Lipinski definition) is 1. The predicted octanol–water partition coefficient (Wildman–Crippen LogP) is 2.49. The molecule has 2 atom stereocenters. The average molecular weight is 230 g/mol. The van der Waals surface area contributed by atoms with Crippen LogP contribution in [0.3, 0.4) is 0 Å². The second-order valence-electron chi connectivity index (χ2n) is 5.68. The van der Waals surface area contributed by atoms with E-state index < -0.39 is 0 Å². The largest absolute Gasteiger partial charge is 0.320 e. The number of nitrogens with zero attached hydrogens (tertiary/aromatic N) is 1. The molecular weight excluding hydrogens is 208 g/mol. The number of piperidine rings is 2. The quantitative estimate of drug-likeness (QED) is 0.803. The lowest BCUT2D eigenvalue weighted by atomic mass is 9.78. The Morgan fingerprint density at radius 2 is 1.94 bits per heavy atom. The Kier molecular flexibility index (Phi) is 2.93. The third-order valence-corrected chi connectivity index (χ3v) is 4.51. The molecule has 2 N–H and O–H groups in total. The van der Waals surface area contributed by atoms with Gasteiger partial charge in [0.1, 0.15) is 0 Å². The molecule has 2 aliphatic rings. The summed E-state index contributed by atoms with van der Waals surface area (Å²) in [5.74, 6) is 0. The molecule has 0 radical (unpaired) electrons. The molecule has 2 aliphatic heterocycles. The van der Waals surface area contributed by atoms with Gasteiger partial charge < -0.3 is 5.73 Å². The van der Waals surface area contributed by atoms with Crippen LogP contribution in [-0.2, 0) is 5.54 Å². The lowest BCUT2D eigenvalue weighted by Gasteiger charge is -2.47. The van der Waals surface area contributed by atoms with Gasteiger partial charge in [0, 0.05) is 12.6 Å². The Balaban J connectivity index is 1.80. The Bertz CT molecular complexity index is 376. The van der Waals surface area contributed by atoms with Crippen LogP contribution < -0.4 is 5.73 Å². The Hall–Kier alpha value is -0.860. The summed E-state index contributed by atoms with van der Waals surface area (Å²) in [4.78, 5) is 2.62. The predicted molar refractivity (Wildman–Crippen MR) is 70.8 cm³/mol. The minimum absolute atomic E-state index is 0.116. The maximum Gasteiger partial charge on any atom is 0.0539 e. The van der Waals surface area contributed by atoms with Gasteiger partial charge in [0.15, 0.2) is 0 Å². The summed E-state index contributed by atoms with van der Waals surface area (Å²) in [5, 5.41) is 0. The summed E-state index contributed by atoms with van der Waals surface area (Å²) in [7, 11) is 0. The van der Waals surface area contributed by atoms with Crippen LogP contribution in [0.2, 0.25) is 0 Å². The van der Waals surface area contributed by atoms with Gasteiger partial charge in [-0.05, 0) is 37.8 Å². The van der Waals surface area contributed by atoms with Crippen molar-refractivity contribution in [2.45, 2.75) is 43.7 Å². The molecule has 1 aromatic rings. The summed E-state index contributed by atoms with van der Waals surface area (Å²) < 4.78 is 0. The second kappa shape index (κ2) is 4.43. The van der Waals surface area contributed by atoms with E-state index in [9.17, 15) is 0 Å². The third kappa shape index (κ3) is 2.12. The standard InChI is InChI=1S/C15H22N2/c16-15(13-6-2-1-3-7-13)10-9-14-8-4-5-11-17(14)12-15/h1-3,6-7,14H,4-5,8-12,16H2. The molecule has 2 heterocycles. The second-order valence-corrected chi connectivity index (χ2v) is 5.68. The molecule has 17 heavy (non-hydrogen) atoms. The summed E-state index contributed by atoms with van der Waals surface area (Å²) >= 11 is 0. The smallest absolute Gasteiger partial charge is 0.0539 e.